The van der Waals surface area contributed by atoms with E-state index in [1.807, 2.05) is 27.7 Å². The molecule has 2 spiro atoms. The van der Waals surface area contributed by atoms with Crippen molar-refractivity contribution in [3.05, 3.63) is 42.1 Å². The minimum atomic E-state index is -0.495. The Balaban J connectivity index is 1.05. The number of benzene rings is 1. The van der Waals surface area contributed by atoms with E-state index in [0.29, 0.717) is 23.9 Å². The summed E-state index contributed by atoms with van der Waals surface area (Å²) in [5.41, 5.74) is 0.121. The van der Waals surface area contributed by atoms with Crippen LogP contribution in [0.5, 0.6) is 11.5 Å². The van der Waals surface area contributed by atoms with Gasteiger partial charge in [0, 0.05) is 49.1 Å². The Morgan fingerprint density at radius 2 is 1.76 bits per heavy atom. The van der Waals surface area contributed by atoms with E-state index in [4.69, 9.17) is 4.74 Å². The standard InChI is InChI=1S/C34H45FN6O4/c1-22(2)41(23(3)4)32(44)26-15-25(35)5-6-28(26)45-29-17-36-21-37-30(29)40-19-33(20-40)11-13-39(14-12-33)18-24-7-9-34(10-8-24)16-27(42)31(43)38-34/h5-6,15,17,21-24H,7-14,16,18-20H2,1-4H3,(H,38,43). The molecule has 1 aliphatic carbocycles. The van der Waals surface area contributed by atoms with Crippen LogP contribution in [0.4, 0.5) is 10.2 Å². The van der Waals surface area contributed by atoms with E-state index in [2.05, 4.69) is 25.1 Å². The lowest BCUT2D eigenvalue weighted by molar-refractivity contribution is -0.135. The molecule has 6 rings (SSSR count). The van der Waals surface area contributed by atoms with Gasteiger partial charge in [-0.2, -0.15) is 0 Å². The Morgan fingerprint density at radius 3 is 2.38 bits per heavy atom. The lowest BCUT2D eigenvalue weighted by Gasteiger charge is -2.55. The van der Waals surface area contributed by atoms with Crippen molar-refractivity contribution in [1.29, 1.82) is 0 Å². The molecule has 0 bridgehead atoms. The Kier molecular flexibility index (Phi) is 8.58. The number of rotatable bonds is 8. The second-order valence-corrected chi connectivity index (χ2v) is 14.3. The van der Waals surface area contributed by atoms with Crippen LogP contribution in [-0.4, -0.2) is 87.7 Å². The summed E-state index contributed by atoms with van der Waals surface area (Å²) in [6.07, 6.45) is 9.59. The van der Waals surface area contributed by atoms with Crippen molar-refractivity contribution >= 4 is 23.4 Å². The minimum Gasteiger partial charge on any atom is -0.451 e. The van der Waals surface area contributed by atoms with Crippen LogP contribution in [0.3, 0.4) is 0 Å². The number of halogens is 1. The molecule has 4 fully saturated rings. The van der Waals surface area contributed by atoms with Crippen LogP contribution in [0, 0.1) is 17.2 Å². The highest BCUT2D eigenvalue weighted by molar-refractivity contribution is 6.38. The molecule has 1 N–H and O–H groups in total. The first-order valence-corrected chi connectivity index (χ1v) is 16.4. The topological polar surface area (TPSA) is 108 Å². The van der Waals surface area contributed by atoms with Crippen LogP contribution in [-0.2, 0) is 9.59 Å². The summed E-state index contributed by atoms with van der Waals surface area (Å²) in [5.74, 6) is 0.566. The molecule has 0 atom stereocenters. The highest BCUT2D eigenvalue weighted by atomic mass is 19.1. The molecule has 11 heteroatoms. The number of amides is 2. The molecule has 1 aromatic heterocycles. The molecule has 4 aliphatic rings. The highest BCUT2D eigenvalue weighted by Crippen LogP contribution is 2.45. The monoisotopic (exact) mass is 620 g/mol. The molecular formula is C34H45FN6O4. The first kappa shape index (κ1) is 31.4. The van der Waals surface area contributed by atoms with Gasteiger partial charge in [0.1, 0.15) is 17.9 Å². The number of carbonyl (C=O) groups excluding carboxylic acids is 3. The summed E-state index contributed by atoms with van der Waals surface area (Å²) in [4.78, 5) is 52.3. The minimum absolute atomic E-state index is 0.0594. The van der Waals surface area contributed by atoms with Crippen LogP contribution >= 0.6 is 0 Å². The van der Waals surface area contributed by atoms with Crippen LogP contribution in [0.25, 0.3) is 0 Å². The molecule has 2 aromatic rings. The van der Waals surface area contributed by atoms with Gasteiger partial charge < -0.3 is 24.8 Å². The number of nitrogens with zero attached hydrogens (tertiary/aromatic N) is 5. The predicted molar refractivity (Wildman–Crippen MR) is 168 cm³/mol. The van der Waals surface area contributed by atoms with Crippen molar-refractivity contribution in [3.8, 4) is 11.5 Å². The Labute approximate surface area is 264 Å². The molecule has 3 aliphatic heterocycles. The van der Waals surface area contributed by atoms with Gasteiger partial charge in [-0.05, 0) is 103 Å². The largest absolute Gasteiger partial charge is 0.451 e. The van der Waals surface area contributed by atoms with E-state index in [-0.39, 0.29) is 46.0 Å². The smallest absolute Gasteiger partial charge is 0.287 e. The number of nitrogens with one attached hydrogen (secondary N) is 1. The third-order valence-corrected chi connectivity index (χ3v) is 10.4. The highest BCUT2D eigenvalue weighted by Gasteiger charge is 2.48. The molecule has 4 heterocycles. The summed E-state index contributed by atoms with van der Waals surface area (Å²) < 4.78 is 20.6. The van der Waals surface area contributed by atoms with Crippen molar-refractivity contribution in [2.24, 2.45) is 11.3 Å². The van der Waals surface area contributed by atoms with E-state index in [9.17, 15) is 18.8 Å². The third-order valence-electron chi connectivity index (χ3n) is 10.4. The normalized spacial score (nSPS) is 24.8. The van der Waals surface area contributed by atoms with Gasteiger partial charge in [0.05, 0.1) is 11.8 Å². The zero-order chi connectivity index (χ0) is 31.9. The van der Waals surface area contributed by atoms with Gasteiger partial charge in [-0.3, -0.25) is 14.4 Å². The zero-order valence-electron chi connectivity index (χ0n) is 26.9. The second kappa shape index (κ2) is 12.3. The number of carbonyl (C=O) groups is 3. The molecule has 1 saturated carbocycles. The van der Waals surface area contributed by atoms with Crippen LogP contribution in [0.2, 0.25) is 0 Å². The van der Waals surface area contributed by atoms with Gasteiger partial charge >= 0.3 is 0 Å². The van der Waals surface area contributed by atoms with Crippen molar-refractivity contribution in [1.82, 2.24) is 25.1 Å². The van der Waals surface area contributed by atoms with Crippen molar-refractivity contribution < 1.29 is 23.5 Å². The molecular weight excluding hydrogens is 575 g/mol. The number of hydrogen-bond donors (Lipinski definition) is 1. The molecule has 3 saturated heterocycles. The Bertz CT molecular complexity index is 1410. The molecule has 0 unspecified atom stereocenters. The van der Waals surface area contributed by atoms with E-state index >= 15 is 0 Å². The number of ketones is 1. The quantitative estimate of drug-likeness (QED) is 0.428. The SMILES string of the molecule is CC(C)N(C(=O)c1cc(F)ccc1Oc1cncnc1N1CC2(CCN(CC3CCC4(CC3)CC(=O)C(=O)N4)CC2)C1)C(C)C. The Hall–Kier alpha value is -3.60. The first-order valence-electron chi connectivity index (χ1n) is 16.4. The fourth-order valence-electron chi connectivity index (χ4n) is 7.96. The van der Waals surface area contributed by atoms with Crippen molar-refractivity contribution in [3.63, 3.8) is 0 Å². The van der Waals surface area contributed by atoms with Crippen LogP contribution in [0.1, 0.15) is 83.0 Å². The lowest BCUT2D eigenvalue weighted by Crippen LogP contribution is -2.61. The maximum atomic E-state index is 14.3. The Morgan fingerprint density at radius 1 is 1.07 bits per heavy atom. The van der Waals surface area contributed by atoms with E-state index in [0.717, 1.165) is 71.2 Å². The van der Waals surface area contributed by atoms with Crippen molar-refractivity contribution in [2.45, 2.75) is 90.3 Å². The van der Waals surface area contributed by atoms with Gasteiger partial charge in [-0.25, -0.2) is 14.4 Å². The number of hydrogen-bond acceptors (Lipinski definition) is 8. The fraction of sp³-hybridized carbons (Fsp3) is 0.618. The van der Waals surface area contributed by atoms with Crippen molar-refractivity contribution in [2.75, 3.05) is 37.6 Å². The molecule has 242 valence electrons. The summed E-state index contributed by atoms with van der Waals surface area (Å²) in [6, 6.07) is 3.92. The van der Waals surface area contributed by atoms with Gasteiger partial charge in [-0.1, -0.05) is 0 Å². The summed E-state index contributed by atoms with van der Waals surface area (Å²) in [5, 5.41) is 2.97. The number of piperidine rings is 1. The van der Waals surface area contributed by atoms with Gasteiger partial charge in [0.25, 0.3) is 11.8 Å². The second-order valence-electron chi connectivity index (χ2n) is 14.3. The molecule has 45 heavy (non-hydrogen) atoms. The number of likely N-dealkylation sites (tertiary alicyclic amines) is 1. The molecule has 0 radical (unpaired) electrons. The number of ether oxygens (including phenoxy) is 1. The van der Waals surface area contributed by atoms with Gasteiger partial charge in [-0.15, -0.1) is 0 Å². The summed E-state index contributed by atoms with van der Waals surface area (Å²) in [6.45, 7) is 12.7. The van der Waals surface area contributed by atoms with Gasteiger partial charge in [0.2, 0.25) is 5.78 Å². The first-order chi connectivity index (χ1) is 21.5. The van der Waals surface area contributed by atoms with E-state index in [1.165, 1.54) is 24.5 Å². The third kappa shape index (κ3) is 6.41. The van der Waals surface area contributed by atoms with E-state index in [1.54, 1.807) is 11.1 Å². The lowest BCUT2D eigenvalue weighted by atomic mass is 9.71. The summed E-state index contributed by atoms with van der Waals surface area (Å²) >= 11 is 0. The van der Waals surface area contributed by atoms with Crippen LogP contribution < -0.4 is 15.0 Å². The maximum Gasteiger partial charge on any atom is 0.287 e. The molecule has 2 amide bonds. The average Bonchev–Trinajstić information content (AvgIpc) is 3.26. The van der Waals surface area contributed by atoms with E-state index < -0.39 is 11.7 Å². The fourth-order valence-corrected chi connectivity index (χ4v) is 7.96. The maximum absolute atomic E-state index is 14.3. The summed E-state index contributed by atoms with van der Waals surface area (Å²) in [7, 11) is 0. The number of aromatic nitrogens is 2. The van der Waals surface area contributed by atoms with Gasteiger partial charge in [0.15, 0.2) is 11.6 Å². The average molecular weight is 621 g/mol. The number of anilines is 1. The zero-order valence-corrected chi connectivity index (χ0v) is 26.9. The van der Waals surface area contributed by atoms with Crippen LogP contribution in [0.15, 0.2) is 30.7 Å². The molecule has 1 aromatic carbocycles. The number of Topliss-reactive ketones (excluding diaryl/α,β-unsaturated/α-hetero) is 1. The predicted octanol–water partition coefficient (Wildman–Crippen LogP) is 4.59. The molecule has 10 nitrogen and oxygen atoms in total.